The summed E-state index contributed by atoms with van der Waals surface area (Å²) in [7, 11) is -14.4. The Hall–Kier alpha value is -0.330. The highest BCUT2D eigenvalue weighted by atomic mass is 31.2. The molecule has 0 heterocycles. The van der Waals surface area contributed by atoms with Crippen LogP contribution in [0.1, 0.15) is 5.56 Å². The van der Waals surface area contributed by atoms with Crippen molar-refractivity contribution in [2.45, 2.75) is 5.41 Å². The molecule has 0 fully saturated rings. The molecule has 0 amide bonds. The van der Waals surface area contributed by atoms with Gasteiger partial charge in [0.15, 0.2) is 0 Å². The Morgan fingerprint density at radius 3 is 1.27 bits per heavy atom. The minimum absolute atomic E-state index is 0.0463. The van der Waals surface area contributed by atoms with Crippen LogP contribution in [0.2, 0.25) is 0 Å². The third kappa shape index (κ3) is 6.84. The van der Waals surface area contributed by atoms with Gasteiger partial charge in [0.05, 0.1) is 18.5 Å². The van der Waals surface area contributed by atoms with Gasteiger partial charge in [-0.25, -0.2) is 0 Å². The van der Waals surface area contributed by atoms with Gasteiger partial charge in [-0.2, -0.15) is 0 Å². The normalized spacial score (nSPS) is 14.1. The van der Waals surface area contributed by atoms with Gasteiger partial charge in [-0.1, -0.05) is 30.3 Å². The summed E-state index contributed by atoms with van der Waals surface area (Å²) in [4.78, 5) is 55.3. The van der Waals surface area contributed by atoms with Crippen LogP contribution < -0.4 is 0 Å². The lowest BCUT2D eigenvalue weighted by Crippen LogP contribution is -2.38. The molecule has 9 nitrogen and oxygen atoms in total. The molecule has 22 heavy (non-hydrogen) atoms. The van der Waals surface area contributed by atoms with Crippen molar-refractivity contribution >= 4 is 22.8 Å². The van der Waals surface area contributed by atoms with Crippen molar-refractivity contribution in [3.63, 3.8) is 0 Å². The second-order valence-electron chi connectivity index (χ2n) is 5.11. The largest absolute Gasteiger partial charge is 0.326 e. The van der Waals surface area contributed by atoms with Crippen LogP contribution in [-0.4, -0.2) is 47.8 Å². The van der Waals surface area contributed by atoms with Crippen LogP contribution in [0.15, 0.2) is 30.3 Å². The first-order chi connectivity index (χ1) is 9.73. The molecule has 1 rings (SSSR count). The molecule has 0 atom stereocenters. The fourth-order valence-electron chi connectivity index (χ4n) is 2.40. The standard InChI is InChI=1S/C10H17O9P3/c11-20(12,13)6-10(7-21(14,15)16,8-22(17,18)19)9-4-2-1-3-5-9/h1-5H,6-8H2,(H2,11,12,13)(H2,14,15,16)(H2,17,18,19). The lowest BCUT2D eigenvalue weighted by atomic mass is 9.86. The quantitative estimate of drug-likeness (QED) is 0.371. The van der Waals surface area contributed by atoms with Crippen molar-refractivity contribution in [1.82, 2.24) is 0 Å². The Morgan fingerprint density at radius 2 is 1.00 bits per heavy atom. The molecule has 1 aromatic carbocycles. The van der Waals surface area contributed by atoms with Gasteiger partial charge in [-0.3, -0.25) is 13.7 Å². The molecule has 0 aliphatic rings. The number of benzene rings is 1. The van der Waals surface area contributed by atoms with E-state index in [1.165, 1.54) is 24.3 Å². The van der Waals surface area contributed by atoms with Gasteiger partial charge >= 0.3 is 22.8 Å². The second kappa shape index (κ2) is 6.65. The molecule has 0 saturated carbocycles. The maximum atomic E-state index is 11.4. The van der Waals surface area contributed by atoms with E-state index in [2.05, 4.69) is 0 Å². The summed E-state index contributed by atoms with van der Waals surface area (Å²) in [6.07, 6.45) is -3.25. The summed E-state index contributed by atoms with van der Waals surface area (Å²) in [6, 6.07) is 7.09. The minimum atomic E-state index is -4.81. The first-order valence-electron chi connectivity index (χ1n) is 5.92. The molecule has 0 aliphatic heterocycles. The molecule has 0 unspecified atom stereocenters. The van der Waals surface area contributed by atoms with Gasteiger partial charge in [-0.05, 0) is 5.56 Å². The molecule has 0 radical (unpaired) electrons. The third-order valence-electron chi connectivity index (χ3n) is 2.91. The number of rotatable bonds is 7. The molecule has 6 N–H and O–H groups in total. The van der Waals surface area contributed by atoms with Crippen molar-refractivity contribution < 1.29 is 43.1 Å². The maximum absolute atomic E-state index is 11.4. The molecular weight excluding hydrogens is 357 g/mol. The number of hydrogen-bond acceptors (Lipinski definition) is 3. The van der Waals surface area contributed by atoms with E-state index in [9.17, 15) is 43.1 Å². The van der Waals surface area contributed by atoms with Gasteiger partial charge < -0.3 is 29.4 Å². The summed E-state index contributed by atoms with van der Waals surface area (Å²) in [6.45, 7) is 0. The Bertz CT molecular complexity index is 581. The van der Waals surface area contributed by atoms with Crippen molar-refractivity contribution in [3.8, 4) is 0 Å². The lowest BCUT2D eigenvalue weighted by Gasteiger charge is -2.34. The SMILES string of the molecule is O=P(O)(O)CC(CP(=O)(O)O)(CP(=O)(O)O)c1ccccc1. The van der Waals surface area contributed by atoms with Gasteiger partial charge in [0.1, 0.15) is 0 Å². The van der Waals surface area contributed by atoms with Crippen LogP contribution in [0.25, 0.3) is 0 Å². The summed E-state index contributed by atoms with van der Waals surface area (Å²) in [5, 5.41) is 0. The molecule has 0 bridgehead atoms. The van der Waals surface area contributed by atoms with Crippen LogP contribution in [-0.2, 0) is 19.1 Å². The Balaban J connectivity index is 3.51. The van der Waals surface area contributed by atoms with E-state index in [-0.39, 0.29) is 5.56 Å². The zero-order valence-electron chi connectivity index (χ0n) is 11.3. The number of hydrogen-bond donors (Lipinski definition) is 6. The fraction of sp³-hybridized carbons (Fsp3) is 0.400. The van der Waals surface area contributed by atoms with Gasteiger partial charge in [0, 0.05) is 5.41 Å². The van der Waals surface area contributed by atoms with E-state index in [0.717, 1.165) is 0 Å². The van der Waals surface area contributed by atoms with E-state index in [1.54, 1.807) is 6.07 Å². The van der Waals surface area contributed by atoms with Crippen molar-refractivity contribution in [1.29, 1.82) is 0 Å². The molecule has 1 aromatic rings. The highest BCUT2D eigenvalue weighted by Gasteiger charge is 2.47. The van der Waals surface area contributed by atoms with Crippen LogP contribution in [0.3, 0.4) is 0 Å². The minimum Gasteiger partial charge on any atom is -0.324 e. The summed E-state index contributed by atoms with van der Waals surface area (Å²) in [5.74, 6) is 0. The van der Waals surface area contributed by atoms with Gasteiger partial charge in [-0.15, -0.1) is 0 Å². The molecule has 12 heteroatoms. The first-order valence-corrected chi connectivity index (χ1v) is 11.3. The van der Waals surface area contributed by atoms with E-state index in [0.29, 0.717) is 0 Å². The fourth-order valence-corrected chi connectivity index (χ4v) is 6.51. The Morgan fingerprint density at radius 1 is 0.682 bits per heavy atom. The molecule has 0 aliphatic carbocycles. The molecule has 0 spiro atoms. The molecule has 0 saturated heterocycles. The maximum Gasteiger partial charge on any atom is 0.326 e. The van der Waals surface area contributed by atoms with Crippen LogP contribution in [0, 0.1) is 0 Å². The predicted octanol–water partition coefficient (Wildman–Crippen LogP) is 0.457. The van der Waals surface area contributed by atoms with Gasteiger partial charge in [0.2, 0.25) is 0 Å². The van der Waals surface area contributed by atoms with Crippen LogP contribution >= 0.6 is 22.8 Å². The average Bonchev–Trinajstić information content (AvgIpc) is 2.22. The third-order valence-corrected chi connectivity index (χ3v) is 5.96. The van der Waals surface area contributed by atoms with Crippen LogP contribution in [0.5, 0.6) is 0 Å². The topological polar surface area (TPSA) is 173 Å². The zero-order valence-corrected chi connectivity index (χ0v) is 13.9. The highest BCUT2D eigenvalue weighted by molar-refractivity contribution is 7.54. The van der Waals surface area contributed by atoms with Crippen LogP contribution in [0.4, 0.5) is 0 Å². The summed E-state index contributed by atoms with van der Waals surface area (Å²) < 4.78 is 34.1. The summed E-state index contributed by atoms with van der Waals surface area (Å²) >= 11 is 0. The molecular formula is C10H17O9P3. The molecule has 0 aromatic heterocycles. The molecule has 126 valence electrons. The van der Waals surface area contributed by atoms with Crippen molar-refractivity contribution in [2.24, 2.45) is 0 Å². The van der Waals surface area contributed by atoms with Crippen molar-refractivity contribution in [3.05, 3.63) is 35.9 Å². The average molecular weight is 374 g/mol. The van der Waals surface area contributed by atoms with E-state index in [1.807, 2.05) is 0 Å². The zero-order chi connectivity index (χ0) is 17.2. The lowest BCUT2D eigenvalue weighted by molar-refractivity contribution is 0.331. The smallest absolute Gasteiger partial charge is 0.324 e. The second-order valence-corrected chi connectivity index (χ2v) is 10.1. The first kappa shape index (κ1) is 19.7. The van der Waals surface area contributed by atoms with E-state index in [4.69, 9.17) is 0 Å². The monoisotopic (exact) mass is 374 g/mol. The Labute approximate surface area is 126 Å². The van der Waals surface area contributed by atoms with E-state index < -0.39 is 46.7 Å². The van der Waals surface area contributed by atoms with Crippen molar-refractivity contribution in [2.75, 3.05) is 18.5 Å². The van der Waals surface area contributed by atoms with E-state index >= 15 is 0 Å². The summed E-state index contributed by atoms with van der Waals surface area (Å²) in [5.41, 5.74) is -2.00. The predicted molar refractivity (Wildman–Crippen MR) is 78.9 cm³/mol. The Kier molecular flexibility index (Phi) is 5.96. The van der Waals surface area contributed by atoms with Gasteiger partial charge in [0.25, 0.3) is 0 Å². The highest BCUT2D eigenvalue weighted by Crippen LogP contribution is 2.55.